The molecule has 2 nitrogen and oxygen atoms in total. The van der Waals surface area contributed by atoms with E-state index in [2.05, 4.69) is 0 Å². The molecule has 14 heavy (non-hydrogen) atoms. The lowest BCUT2D eigenvalue weighted by Gasteiger charge is -2.11. The summed E-state index contributed by atoms with van der Waals surface area (Å²) in [5.41, 5.74) is 5.31. The second-order valence-electron chi connectivity index (χ2n) is 2.91. The minimum atomic E-state index is -1.25. The predicted octanol–water partition coefficient (Wildman–Crippen LogP) is 1.49. The van der Waals surface area contributed by atoms with Crippen LogP contribution in [0.1, 0.15) is 18.0 Å². The topological polar surface area (TPSA) is 46.2 Å². The van der Waals surface area contributed by atoms with Crippen LogP contribution in [0.15, 0.2) is 12.1 Å². The number of halogens is 3. The Kier molecular flexibility index (Phi) is 3.49. The van der Waals surface area contributed by atoms with Crippen LogP contribution < -0.4 is 5.73 Å². The highest BCUT2D eigenvalue weighted by molar-refractivity contribution is 5.23. The molecule has 0 spiro atoms. The van der Waals surface area contributed by atoms with Crippen molar-refractivity contribution in [2.75, 3.05) is 6.61 Å². The first-order chi connectivity index (χ1) is 6.56. The van der Waals surface area contributed by atoms with Crippen molar-refractivity contribution in [3.05, 3.63) is 35.1 Å². The molecule has 0 saturated carbocycles. The molecular formula is C9H10F3NO. The molecule has 0 saturated heterocycles. The molecule has 0 unspecified atom stereocenters. The third-order valence-corrected chi connectivity index (χ3v) is 1.88. The van der Waals surface area contributed by atoms with Crippen LogP contribution in [0.4, 0.5) is 13.2 Å². The summed E-state index contributed by atoms with van der Waals surface area (Å²) in [5, 5.41) is 8.54. The van der Waals surface area contributed by atoms with E-state index in [0.717, 1.165) is 0 Å². The molecule has 3 N–H and O–H groups in total. The zero-order chi connectivity index (χ0) is 10.7. The molecule has 0 aliphatic carbocycles. The first kappa shape index (κ1) is 11.0. The lowest BCUT2D eigenvalue weighted by Crippen LogP contribution is -2.14. The quantitative estimate of drug-likeness (QED) is 0.734. The summed E-state index contributed by atoms with van der Waals surface area (Å²) in [4.78, 5) is 0. The van der Waals surface area contributed by atoms with Crippen molar-refractivity contribution in [1.29, 1.82) is 0 Å². The van der Waals surface area contributed by atoms with Gasteiger partial charge in [-0.3, -0.25) is 0 Å². The zero-order valence-electron chi connectivity index (χ0n) is 7.30. The van der Waals surface area contributed by atoms with E-state index in [1.165, 1.54) is 0 Å². The van der Waals surface area contributed by atoms with Gasteiger partial charge in [0, 0.05) is 24.3 Å². The molecule has 0 heterocycles. The van der Waals surface area contributed by atoms with Gasteiger partial charge in [-0.25, -0.2) is 13.2 Å². The molecule has 0 bridgehead atoms. The van der Waals surface area contributed by atoms with Gasteiger partial charge in [0.05, 0.1) is 0 Å². The summed E-state index contributed by atoms with van der Waals surface area (Å²) < 4.78 is 38.2. The van der Waals surface area contributed by atoms with Crippen molar-refractivity contribution in [3.63, 3.8) is 0 Å². The second kappa shape index (κ2) is 4.43. The van der Waals surface area contributed by atoms with Crippen LogP contribution in [0.2, 0.25) is 0 Å². The summed E-state index contributed by atoms with van der Waals surface area (Å²) in [6, 6.07) is 0.336. The van der Waals surface area contributed by atoms with E-state index in [1.807, 2.05) is 0 Å². The minimum Gasteiger partial charge on any atom is -0.396 e. The van der Waals surface area contributed by atoms with Crippen LogP contribution in [-0.4, -0.2) is 11.7 Å². The fraction of sp³-hybridized carbons (Fsp3) is 0.333. The van der Waals surface area contributed by atoms with Crippen LogP contribution in [0, 0.1) is 17.5 Å². The first-order valence-electron chi connectivity index (χ1n) is 4.07. The fourth-order valence-corrected chi connectivity index (χ4v) is 1.12. The molecule has 0 amide bonds. The summed E-state index contributed by atoms with van der Waals surface area (Å²) in [6.07, 6.45) is 0.0992. The van der Waals surface area contributed by atoms with Crippen molar-refractivity contribution >= 4 is 0 Å². The molecule has 0 radical (unpaired) electrons. The lowest BCUT2D eigenvalue weighted by atomic mass is 10.0. The van der Waals surface area contributed by atoms with Crippen LogP contribution in [-0.2, 0) is 0 Å². The maximum absolute atomic E-state index is 13.0. The van der Waals surface area contributed by atoms with Crippen molar-refractivity contribution < 1.29 is 18.3 Å². The predicted molar refractivity (Wildman–Crippen MR) is 44.9 cm³/mol. The van der Waals surface area contributed by atoms with Gasteiger partial charge in [-0.1, -0.05) is 0 Å². The van der Waals surface area contributed by atoms with E-state index in [1.54, 1.807) is 0 Å². The highest BCUT2D eigenvalue weighted by Gasteiger charge is 2.15. The van der Waals surface area contributed by atoms with Crippen LogP contribution >= 0.6 is 0 Å². The molecule has 0 aliphatic rings. The van der Waals surface area contributed by atoms with E-state index in [9.17, 15) is 13.2 Å². The lowest BCUT2D eigenvalue weighted by molar-refractivity contribution is 0.275. The van der Waals surface area contributed by atoms with Crippen LogP contribution in [0.25, 0.3) is 0 Å². The molecule has 1 aromatic carbocycles. The molecule has 5 heteroatoms. The van der Waals surface area contributed by atoms with Gasteiger partial charge in [0.1, 0.15) is 5.82 Å². The van der Waals surface area contributed by atoms with Crippen LogP contribution in [0.5, 0.6) is 0 Å². The van der Waals surface area contributed by atoms with E-state index in [4.69, 9.17) is 10.8 Å². The number of aliphatic hydroxyl groups excluding tert-OH is 1. The largest absolute Gasteiger partial charge is 0.396 e. The Morgan fingerprint density at radius 3 is 2.29 bits per heavy atom. The smallest absolute Gasteiger partial charge is 0.161 e. The SMILES string of the molecule is N[C@@H](CCO)c1cc(F)c(F)cc1F. The minimum absolute atomic E-state index is 0.0992. The molecule has 1 aromatic rings. The Labute approximate surface area is 79.2 Å². The molecule has 0 aliphatic heterocycles. The highest BCUT2D eigenvalue weighted by Crippen LogP contribution is 2.20. The Hall–Kier alpha value is -1.07. The number of hydrogen-bond donors (Lipinski definition) is 2. The Bertz CT molecular complexity index is 330. The van der Waals surface area contributed by atoms with E-state index < -0.39 is 23.5 Å². The Balaban J connectivity index is 3.02. The van der Waals surface area contributed by atoms with E-state index >= 15 is 0 Å². The Morgan fingerprint density at radius 1 is 1.14 bits per heavy atom. The van der Waals surface area contributed by atoms with Crippen molar-refractivity contribution in [2.24, 2.45) is 5.73 Å². The summed E-state index contributed by atoms with van der Waals surface area (Å²) in [5.74, 6) is -3.29. The zero-order valence-corrected chi connectivity index (χ0v) is 7.30. The maximum atomic E-state index is 13.0. The molecule has 0 fully saturated rings. The van der Waals surface area contributed by atoms with Gasteiger partial charge < -0.3 is 10.8 Å². The summed E-state index contributed by atoms with van der Waals surface area (Å²) in [6.45, 7) is -0.237. The molecule has 1 atom stereocenters. The normalized spacial score (nSPS) is 12.9. The molecule has 78 valence electrons. The average Bonchev–Trinajstić information content (AvgIpc) is 2.11. The number of nitrogens with two attached hydrogens (primary N) is 1. The second-order valence-corrected chi connectivity index (χ2v) is 2.91. The van der Waals surface area contributed by atoms with Gasteiger partial charge in [-0.05, 0) is 12.5 Å². The van der Waals surface area contributed by atoms with Crippen molar-refractivity contribution in [2.45, 2.75) is 12.5 Å². The highest BCUT2D eigenvalue weighted by atomic mass is 19.2. The number of aliphatic hydroxyl groups is 1. The van der Waals surface area contributed by atoms with Gasteiger partial charge >= 0.3 is 0 Å². The van der Waals surface area contributed by atoms with Crippen molar-refractivity contribution in [1.82, 2.24) is 0 Å². The standard InChI is InChI=1S/C9H10F3NO/c10-6-4-8(12)7(11)3-5(6)9(13)1-2-14/h3-4,9,14H,1-2,13H2/t9-/m0/s1. The number of benzene rings is 1. The average molecular weight is 205 g/mol. The van der Waals surface area contributed by atoms with Gasteiger partial charge in [0.15, 0.2) is 11.6 Å². The number of rotatable bonds is 3. The molecule has 0 aromatic heterocycles. The van der Waals surface area contributed by atoms with Gasteiger partial charge in [0.2, 0.25) is 0 Å². The van der Waals surface area contributed by atoms with Gasteiger partial charge in [0.25, 0.3) is 0 Å². The monoisotopic (exact) mass is 205 g/mol. The summed E-state index contributed by atoms with van der Waals surface area (Å²) >= 11 is 0. The van der Waals surface area contributed by atoms with E-state index in [-0.39, 0.29) is 18.6 Å². The van der Waals surface area contributed by atoms with Crippen molar-refractivity contribution in [3.8, 4) is 0 Å². The van der Waals surface area contributed by atoms with E-state index in [0.29, 0.717) is 12.1 Å². The maximum Gasteiger partial charge on any atom is 0.161 e. The first-order valence-corrected chi connectivity index (χ1v) is 4.07. The number of hydrogen-bond acceptors (Lipinski definition) is 2. The third kappa shape index (κ3) is 2.24. The Morgan fingerprint density at radius 2 is 1.71 bits per heavy atom. The molecule has 1 rings (SSSR count). The van der Waals surface area contributed by atoms with Crippen LogP contribution in [0.3, 0.4) is 0 Å². The third-order valence-electron chi connectivity index (χ3n) is 1.88. The summed E-state index contributed by atoms with van der Waals surface area (Å²) in [7, 11) is 0. The van der Waals surface area contributed by atoms with Gasteiger partial charge in [-0.15, -0.1) is 0 Å². The van der Waals surface area contributed by atoms with Gasteiger partial charge in [-0.2, -0.15) is 0 Å². The molecular weight excluding hydrogens is 195 g/mol. The fourth-order valence-electron chi connectivity index (χ4n) is 1.12.